The van der Waals surface area contributed by atoms with Gasteiger partial charge in [-0.05, 0) is 32.1 Å². The molecule has 0 fully saturated rings. The van der Waals surface area contributed by atoms with Gasteiger partial charge in [0, 0.05) is 23.7 Å². The molecule has 0 saturated heterocycles. The van der Waals surface area contributed by atoms with E-state index in [1.165, 1.54) is 0 Å². The summed E-state index contributed by atoms with van der Waals surface area (Å²) in [6.07, 6.45) is 2.95. The summed E-state index contributed by atoms with van der Waals surface area (Å²) in [5.74, 6) is -0.792. The lowest BCUT2D eigenvalue weighted by atomic mass is 9.84. The second kappa shape index (κ2) is 9.94. The van der Waals surface area contributed by atoms with Gasteiger partial charge in [0.1, 0.15) is 0 Å². The van der Waals surface area contributed by atoms with Crippen molar-refractivity contribution in [1.82, 2.24) is 0 Å². The van der Waals surface area contributed by atoms with Crippen LogP contribution in [0.5, 0.6) is 0 Å². The maximum absolute atomic E-state index is 9.13. The van der Waals surface area contributed by atoms with E-state index in [1.54, 1.807) is 0 Å². The molecule has 0 saturated carbocycles. The van der Waals surface area contributed by atoms with Crippen LogP contribution in [0.3, 0.4) is 0 Å². The molecule has 100 valence electrons. The molecule has 0 aromatic carbocycles. The van der Waals surface area contributed by atoms with Gasteiger partial charge in [0.15, 0.2) is 0 Å². The smallest absolute Gasteiger partial charge is 0.0656 e. The van der Waals surface area contributed by atoms with Crippen LogP contribution in [0.4, 0.5) is 0 Å². The summed E-state index contributed by atoms with van der Waals surface area (Å²) in [5.41, 5.74) is 0. The molecule has 0 N–H and O–H groups in total. The molecule has 4 heteroatoms. The van der Waals surface area contributed by atoms with E-state index in [9.17, 15) is 0 Å². The predicted octanol–water partition coefficient (Wildman–Crippen LogP) is 3.54. The summed E-state index contributed by atoms with van der Waals surface area (Å²) in [7, 11) is 0. The Bertz CT molecular complexity index is 375. The lowest BCUT2D eigenvalue weighted by Crippen LogP contribution is -2.13. The summed E-state index contributed by atoms with van der Waals surface area (Å²) in [6.45, 7) is 3.85. The number of hydrogen-bond acceptors (Lipinski definition) is 4. The number of hydrogen-bond donors (Lipinski definition) is 0. The van der Waals surface area contributed by atoms with Gasteiger partial charge >= 0.3 is 0 Å². The van der Waals surface area contributed by atoms with E-state index in [0.717, 1.165) is 12.8 Å². The molecule has 0 heterocycles. The summed E-state index contributed by atoms with van der Waals surface area (Å²) >= 11 is 0. The third kappa shape index (κ3) is 6.45. The van der Waals surface area contributed by atoms with Gasteiger partial charge in [0.05, 0.1) is 24.3 Å². The highest BCUT2D eigenvalue weighted by molar-refractivity contribution is 4.97. The fourth-order valence-electron chi connectivity index (χ4n) is 2.05. The fraction of sp³-hybridized carbons (Fsp3) is 0.733. The normalized spacial score (nSPS) is 15.9. The first-order valence-corrected chi connectivity index (χ1v) is 6.73. The maximum Gasteiger partial charge on any atom is 0.0656 e. The highest BCUT2D eigenvalue weighted by Crippen LogP contribution is 2.25. The van der Waals surface area contributed by atoms with Crippen LogP contribution >= 0.6 is 0 Å². The van der Waals surface area contributed by atoms with Gasteiger partial charge in [0.25, 0.3) is 0 Å². The molecular formula is C15H20N4. The molecule has 0 bridgehead atoms. The van der Waals surface area contributed by atoms with Crippen molar-refractivity contribution < 1.29 is 0 Å². The topological polar surface area (TPSA) is 95.2 Å². The van der Waals surface area contributed by atoms with Crippen molar-refractivity contribution in [3.8, 4) is 24.3 Å². The molecule has 0 spiro atoms. The third-order valence-corrected chi connectivity index (χ3v) is 3.42. The predicted molar refractivity (Wildman–Crippen MR) is 70.8 cm³/mol. The van der Waals surface area contributed by atoms with E-state index in [4.69, 9.17) is 21.0 Å². The van der Waals surface area contributed by atoms with Crippen LogP contribution < -0.4 is 0 Å². The lowest BCUT2D eigenvalue weighted by Gasteiger charge is -2.16. The molecule has 0 rings (SSSR count). The third-order valence-electron chi connectivity index (χ3n) is 3.42. The monoisotopic (exact) mass is 256 g/mol. The van der Waals surface area contributed by atoms with Gasteiger partial charge in [-0.15, -0.1) is 0 Å². The zero-order valence-corrected chi connectivity index (χ0v) is 11.6. The zero-order valence-electron chi connectivity index (χ0n) is 11.6. The van der Waals surface area contributed by atoms with E-state index in [2.05, 4.69) is 24.3 Å². The fourth-order valence-corrected chi connectivity index (χ4v) is 2.05. The zero-order chi connectivity index (χ0) is 14.7. The van der Waals surface area contributed by atoms with Crippen LogP contribution in [0.25, 0.3) is 0 Å². The first-order valence-electron chi connectivity index (χ1n) is 6.73. The molecule has 4 atom stereocenters. The molecule has 19 heavy (non-hydrogen) atoms. The van der Waals surface area contributed by atoms with Crippen LogP contribution in [0.15, 0.2) is 0 Å². The van der Waals surface area contributed by atoms with Crippen molar-refractivity contribution in [1.29, 1.82) is 21.0 Å². The van der Waals surface area contributed by atoms with Crippen LogP contribution in [0.2, 0.25) is 0 Å². The molecule has 0 aliphatic rings. The Labute approximate surface area is 115 Å². The standard InChI is InChI=1S/C15H20N4/c1-3-12(8-16)5-14(10-18)7-15(11-19)6-13(4-2)9-17/h12-15H,3-7H2,1-2H3. The van der Waals surface area contributed by atoms with Gasteiger partial charge < -0.3 is 0 Å². The van der Waals surface area contributed by atoms with E-state index >= 15 is 0 Å². The van der Waals surface area contributed by atoms with Crippen molar-refractivity contribution in [3.63, 3.8) is 0 Å². The minimum Gasteiger partial charge on any atom is -0.198 e. The van der Waals surface area contributed by atoms with E-state index in [0.29, 0.717) is 19.3 Å². The lowest BCUT2D eigenvalue weighted by molar-refractivity contribution is 0.382. The molecule has 0 aliphatic carbocycles. The number of rotatable bonds is 8. The van der Waals surface area contributed by atoms with E-state index in [1.807, 2.05) is 13.8 Å². The first-order chi connectivity index (χ1) is 9.14. The summed E-state index contributed by atoms with van der Waals surface area (Å²) in [5, 5.41) is 36.1. The van der Waals surface area contributed by atoms with Crippen molar-refractivity contribution >= 4 is 0 Å². The minimum absolute atomic E-state index is 0.123. The number of nitriles is 4. The maximum atomic E-state index is 9.13. The first kappa shape index (κ1) is 17.0. The molecule has 0 radical (unpaired) electrons. The molecule has 0 amide bonds. The SMILES string of the molecule is CCC(C#N)CC(C#N)CC(C#N)CC(C#N)CC. The Balaban J connectivity index is 4.52. The Hall–Kier alpha value is -2.04. The Kier molecular flexibility index (Phi) is 8.87. The average Bonchev–Trinajstić information content (AvgIpc) is 2.46. The Morgan fingerprint density at radius 3 is 1.05 bits per heavy atom. The van der Waals surface area contributed by atoms with Gasteiger partial charge in [-0.25, -0.2) is 0 Å². The molecule has 0 aliphatic heterocycles. The van der Waals surface area contributed by atoms with Gasteiger partial charge in [-0.1, -0.05) is 13.8 Å². The van der Waals surface area contributed by atoms with E-state index in [-0.39, 0.29) is 23.7 Å². The second-order valence-corrected chi connectivity index (χ2v) is 4.83. The Morgan fingerprint density at radius 2 is 0.842 bits per heavy atom. The highest BCUT2D eigenvalue weighted by atomic mass is 14.4. The van der Waals surface area contributed by atoms with Gasteiger partial charge in [-0.3, -0.25) is 0 Å². The summed E-state index contributed by atoms with van der Waals surface area (Å²) < 4.78 is 0. The second-order valence-electron chi connectivity index (χ2n) is 4.83. The Morgan fingerprint density at radius 1 is 0.579 bits per heavy atom. The van der Waals surface area contributed by atoms with E-state index < -0.39 is 0 Å². The highest BCUT2D eigenvalue weighted by Gasteiger charge is 2.22. The van der Waals surface area contributed by atoms with Crippen LogP contribution in [-0.4, -0.2) is 0 Å². The molecule has 4 nitrogen and oxygen atoms in total. The van der Waals surface area contributed by atoms with Crippen molar-refractivity contribution in [3.05, 3.63) is 0 Å². The van der Waals surface area contributed by atoms with Gasteiger partial charge in [-0.2, -0.15) is 21.0 Å². The molecular weight excluding hydrogens is 236 g/mol. The van der Waals surface area contributed by atoms with Crippen molar-refractivity contribution in [2.45, 2.75) is 46.0 Å². The van der Waals surface area contributed by atoms with Crippen LogP contribution in [0, 0.1) is 69.0 Å². The average molecular weight is 256 g/mol. The number of nitrogens with zero attached hydrogens (tertiary/aromatic N) is 4. The van der Waals surface area contributed by atoms with Crippen molar-refractivity contribution in [2.75, 3.05) is 0 Å². The minimum atomic E-state index is -0.273. The van der Waals surface area contributed by atoms with Crippen LogP contribution in [0.1, 0.15) is 46.0 Å². The summed E-state index contributed by atoms with van der Waals surface area (Å²) in [4.78, 5) is 0. The summed E-state index contributed by atoms with van der Waals surface area (Å²) in [6, 6.07) is 8.75. The largest absolute Gasteiger partial charge is 0.198 e. The molecule has 0 aromatic heterocycles. The quantitative estimate of drug-likeness (QED) is 0.663. The molecule has 4 unspecified atom stereocenters. The van der Waals surface area contributed by atoms with Crippen molar-refractivity contribution in [2.24, 2.45) is 23.7 Å². The van der Waals surface area contributed by atoms with Crippen LogP contribution in [-0.2, 0) is 0 Å². The van der Waals surface area contributed by atoms with Gasteiger partial charge in [0.2, 0.25) is 0 Å². The molecule has 0 aromatic rings.